The normalized spacial score (nSPS) is 18.8. The SMILES string of the molecule is Cc1c(Cl)cccc1NC(=O)C[C@@H]1NCCNC1=O. The molecule has 5 nitrogen and oxygen atoms in total. The third-order valence-corrected chi connectivity index (χ3v) is 3.47. The molecule has 1 saturated heterocycles. The number of rotatable bonds is 3. The Kier molecular flexibility index (Phi) is 4.39. The van der Waals surface area contributed by atoms with Crippen LogP contribution < -0.4 is 16.0 Å². The van der Waals surface area contributed by atoms with Crippen LogP contribution in [0.15, 0.2) is 18.2 Å². The summed E-state index contributed by atoms with van der Waals surface area (Å²) in [5.74, 6) is -0.343. The molecule has 1 atom stereocenters. The van der Waals surface area contributed by atoms with E-state index >= 15 is 0 Å². The monoisotopic (exact) mass is 281 g/mol. The maximum absolute atomic E-state index is 11.9. The fourth-order valence-electron chi connectivity index (χ4n) is 1.94. The van der Waals surface area contributed by atoms with Crippen LogP contribution in [0.3, 0.4) is 0 Å². The quantitative estimate of drug-likeness (QED) is 0.776. The van der Waals surface area contributed by atoms with Gasteiger partial charge in [-0.25, -0.2) is 0 Å². The lowest BCUT2D eigenvalue weighted by Crippen LogP contribution is -2.53. The number of carbonyl (C=O) groups is 2. The lowest BCUT2D eigenvalue weighted by Gasteiger charge is -2.23. The van der Waals surface area contributed by atoms with Gasteiger partial charge in [0.1, 0.15) is 0 Å². The molecule has 1 fully saturated rings. The molecule has 1 aromatic carbocycles. The highest BCUT2D eigenvalue weighted by molar-refractivity contribution is 6.31. The minimum absolute atomic E-state index is 0.109. The van der Waals surface area contributed by atoms with Crippen molar-refractivity contribution in [3.63, 3.8) is 0 Å². The van der Waals surface area contributed by atoms with Crippen LogP contribution in [0.2, 0.25) is 5.02 Å². The van der Waals surface area contributed by atoms with E-state index < -0.39 is 6.04 Å². The predicted molar refractivity (Wildman–Crippen MR) is 74.2 cm³/mol. The van der Waals surface area contributed by atoms with Crippen molar-refractivity contribution in [2.24, 2.45) is 0 Å². The second kappa shape index (κ2) is 6.04. The summed E-state index contributed by atoms with van der Waals surface area (Å²) in [6.45, 7) is 3.12. The van der Waals surface area contributed by atoms with Crippen LogP contribution in [0.4, 0.5) is 5.69 Å². The average Bonchev–Trinajstić information content (AvgIpc) is 2.38. The number of carbonyl (C=O) groups excluding carboxylic acids is 2. The lowest BCUT2D eigenvalue weighted by molar-refractivity contribution is -0.127. The van der Waals surface area contributed by atoms with Gasteiger partial charge in [0.25, 0.3) is 0 Å². The van der Waals surface area contributed by atoms with Gasteiger partial charge < -0.3 is 16.0 Å². The van der Waals surface area contributed by atoms with Gasteiger partial charge in [-0.3, -0.25) is 9.59 Å². The smallest absolute Gasteiger partial charge is 0.237 e. The lowest BCUT2D eigenvalue weighted by atomic mass is 10.1. The molecule has 6 heteroatoms. The van der Waals surface area contributed by atoms with Crippen molar-refractivity contribution in [1.29, 1.82) is 0 Å². The van der Waals surface area contributed by atoms with Crippen LogP contribution in [0.25, 0.3) is 0 Å². The minimum Gasteiger partial charge on any atom is -0.353 e. The summed E-state index contributed by atoms with van der Waals surface area (Å²) >= 11 is 5.98. The van der Waals surface area contributed by atoms with E-state index in [1.165, 1.54) is 0 Å². The molecule has 0 aromatic heterocycles. The van der Waals surface area contributed by atoms with E-state index in [9.17, 15) is 9.59 Å². The molecule has 3 N–H and O–H groups in total. The van der Waals surface area contributed by atoms with Crippen molar-refractivity contribution >= 4 is 29.1 Å². The topological polar surface area (TPSA) is 70.2 Å². The van der Waals surface area contributed by atoms with E-state index in [0.717, 1.165) is 5.56 Å². The van der Waals surface area contributed by atoms with Crippen LogP contribution in [0, 0.1) is 6.92 Å². The molecule has 0 spiro atoms. The number of anilines is 1. The summed E-state index contributed by atoms with van der Waals surface area (Å²) < 4.78 is 0. The largest absolute Gasteiger partial charge is 0.353 e. The maximum atomic E-state index is 11.9. The van der Waals surface area contributed by atoms with Crippen LogP contribution >= 0.6 is 11.6 Å². The zero-order valence-electron chi connectivity index (χ0n) is 10.6. The van der Waals surface area contributed by atoms with Gasteiger partial charge in [0, 0.05) is 23.8 Å². The number of piperazine rings is 1. The molecule has 0 aliphatic carbocycles. The molecule has 1 aromatic rings. The van der Waals surface area contributed by atoms with E-state index in [4.69, 9.17) is 11.6 Å². The Hall–Kier alpha value is -1.59. The highest BCUT2D eigenvalue weighted by Gasteiger charge is 2.24. The average molecular weight is 282 g/mol. The molecule has 102 valence electrons. The first-order chi connectivity index (χ1) is 9.08. The summed E-state index contributed by atoms with van der Waals surface area (Å²) in [6, 6.07) is 4.86. The number of nitrogens with one attached hydrogen (secondary N) is 3. The van der Waals surface area contributed by atoms with Gasteiger partial charge >= 0.3 is 0 Å². The van der Waals surface area contributed by atoms with E-state index in [0.29, 0.717) is 23.8 Å². The maximum Gasteiger partial charge on any atom is 0.237 e. The summed E-state index contributed by atoms with van der Waals surface area (Å²) in [6.07, 6.45) is 0.109. The van der Waals surface area contributed by atoms with Crippen LogP contribution in [0.1, 0.15) is 12.0 Å². The Bertz CT molecular complexity index is 505. The Balaban J connectivity index is 1.97. The first-order valence-corrected chi connectivity index (χ1v) is 6.52. The Morgan fingerprint density at radius 3 is 3.00 bits per heavy atom. The molecule has 0 unspecified atom stereocenters. The van der Waals surface area contributed by atoms with Crippen molar-refractivity contribution in [2.75, 3.05) is 18.4 Å². The van der Waals surface area contributed by atoms with E-state index in [2.05, 4.69) is 16.0 Å². The van der Waals surface area contributed by atoms with E-state index in [1.807, 2.05) is 6.92 Å². The molecule has 0 saturated carbocycles. The van der Waals surface area contributed by atoms with Crippen molar-refractivity contribution in [2.45, 2.75) is 19.4 Å². The van der Waals surface area contributed by atoms with Gasteiger partial charge in [0.2, 0.25) is 11.8 Å². The van der Waals surface area contributed by atoms with Crippen molar-refractivity contribution in [3.8, 4) is 0 Å². The molecule has 0 radical (unpaired) electrons. The highest BCUT2D eigenvalue weighted by atomic mass is 35.5. The molecular weight excluding hydrogens is 266 g/mol. The first kappa shape index (κ1) is 13.8. The standard InChI is InChI=1S/C13H16ClN3O2/c1-8-9(14)3-2-4-10(8)17-12(18)7-11-13(19)16-6-5-15-11/h2-4,11,15H,5-7H2,1H3,(H,16,19)(H,17,18)/t11-/m0/s1. The van der Waals surface area contributed by atoms with Crippen molar-refractivity contribution in [1.82, 2.24) is 10.6 Å². The third kappa shape index (κ3) is 3.45. The molecule has 19 heavy (non-hydrogen) atoms. The first-order valence-electron chi connectivity index (χ1n) is 6.14. The second-order valence-electron chi connectivity index (χ2n) is 4.46. The third-order valence-electron chi connectivity index (χ3n) is 3.06. The molecular formula is C13H16ClN3O2. The van der Waals surface area contributed by atoms with Crippen molar-refractivity contribution < 1.29 is 9.59 Å². The van der Waals surface area contributed by atoms with Crippen LogP contribution in [0.5, 0.6) is 0 Å². The van der Waals surface area contributed by atoms with Gasteiger partial charge in [-0.05, 0) is 24.6 Å². The second-order valence-corrected chi connectivity index (χ2v) is 4.87. The Labute approximate surface area is 116 Å². The molecule has 1 aliphatic rings. The fourth-order valence-corrected chi connectivity index (χ4v) is 2.12. The number of hydrogen-bond donors (Lipinski definition) is 3. The summed E-state index contributed by atoms with van der Waals surface area (Å²) in [7, 11) is 0. The van der Waals surface area contributed by atoms with E-state index in [1.54, 1.807) is 18.2 Å². The van der Waals surface area contributed by atoms with Crippen molar-refractivity contribution in [3.05, 3.63) is 28.8 Å². The summed E-state index contributed by atoms with van der Waals surface area (Å²) in [4.78, 5) is 23.4. The molecule has 0 bridgehead atoms. The molecule has 2 amide bonds. The highest BCUT2D eigenvalue weighted by Crippen LogP contribution is 2.23. The van der Waals surface area contributed by atoms with Gasteiger partial charge in [-0.15, -0.1) is 0 Å². The van der Waals surface area contributed by atoms with Crippen LogP contribution in [-0.4, -0.2) is 30.9 Å². The van der Waals surface area contributed by atoms with E-state index in [-0.39, 0.29) is 18.2 Å². The van der Waals surface area contributed by atoms with Gasteiger partial charge in [0.15, 0.2) is 0 Å². The number of hydrogen-bond acceptors (Lipinski definition) is 3. The molecule has 2 rings (SSSR count). The molecule has 1 heterocycles. The molecule has 1 aliphatic heterocycles. The number of halogens is 1. The zero-order valence-corrected chi connectivity index (χ0v) is 11.4. The minimum atomic E-state index is -0.465. The number of amides is 2. The summed E-state index contributed by atoms with van der Waals surface area (Å²) in [5.41, 5.74) is 1.49. The van der Waals surface area contributed by atoms with Gasteiger partial charge in [-0.2, -0.15) is 0 Å². The van der Waals surface area contributed by atoms with Gasteiger partial charge in [-0.1, -0.05) is 17.7 Å². The Morgan fingerprint density at radius 2 is 2.26 bits per heavy atom. The number of benzene rings is 1. The predicted octanol–water partition coefficient (Wildman–Crippen LogP) is 1.07. The summed E-state index contributed by atoms with van der Waals surface area (Å²) in [5, 5.41) is 9.11. The Morgan fingerprint density at radius 1 is 1.47 bits per heavy atom. The zero-order chi connectivity index (χ0) is 13.8. The van der Waals surface area contributed by atoms with Gasteiger partial charge in [0.05, 0.1) is 12.5 Å². The fraction of sp³-hybridized carbons (Fsp3) is 0.385. The van der Waals surface area contributed by atoms with Crippen LogP contribution in [-0.2, 0) is 9.59 Å².